The third-order valence-corrected chi connectivity index (χ3v) is 3.79. The van der Waals surface area contributed by atoms with Crippen molar-refractivity contribution in [3.63, 3.8) is 0 Å². The number of rotatable bonds is 1. The second-order valence-electron chi connectivity index (χ2n) is 4.87. The lowest BCUT2D eigenvalue weighted by molar-refractivity contribution is 0.229. The van der Waals surface area contributed by atoms with E-state index in [1.54, 1.807) is 12.1 Å². The van der Waals surface area contributed by atoms with Gasteiger partial charge in [0.25, 0.3) is 0 Å². The predicted molar refractivity (Wildman–Crippen MR) is 76.9 cm³/mol. The van der Waals surface area contributed by atoms with Crippen molar-refractivity contribution in [1.29, 1.82) is 0 Å². The quantitative estimate of drug-likeness (QED) is 0.614. The molecule has 1 aromatic rings. The Morgan fingerprint density at radius 2 is 1.79 bits per heavy atom. The molecule has 102 valence electrons. The molecule has 0 atom stereocenters. The van der Waals surface area contributed by atoms with Gasteiger partial charge in [0.1, 0.15) is 11.5 Å². The number of oxime groups is 1. The van der Waals surface area contributed by atoms with Crippen LogP contribution < -0.4 is 0 Å². The van der Waals surface area contributed by atoms with Gasteiger partial charge in [0.05, 0.1) is 5.70 Å². The molecule has 3 fully saturated rings. The summed E-state index contributed by atoms with van der Waals surface area (Å²) in [5.74, 6) is 0.655. The second-order valence-corrected chi connectivity index (χ2v) is 4.87. The van der Waals surface area contributed by atoms with E-state index < -0.39 is 0 Å². The molecule has 0 amide bonds. The number of halogens is 1. The van der Waals surface area contributed by atoms with Crippen molar-refractivity contribution in [2.45, 2.75) is 12.8 Å². The van der Waals surface area contributed by atoms with E-state index in [2.05, 4.69) is 10.1 Å². The molecule has 2 N–H and O–H groups in total. The number of nitrogens with zero attached hydrogens (tertiary/aromatic N) is 2. The van der Waals surface area contributed by atoms with Crippen LogP contribution in [0.25, 0.3) is 6.08 Å². The summed E-state index contributed by atoms with van der Waals surface area (Å²) in [4.78, 5) is 2.27. The first kappa shape index (κ1) is 13.7. The van der Waals surface area contributed by atoms with Crippen LogP contribution in [0.1, 0.15) is 18.4 Å². The van der Waals surface area contributed by atoms with Gasteiger partial charge in [-0.25, -0.2) is 0 Å². The Balaban J connectivity index is 0.00000133. The highest BCUT2D eigenvalue weighted by Crippen LogP contribution is 2.33. The minimum Gasteiger partial charge on any atom is -0.508 e. The van der Waals surface area contributed by atoms with Crippen molar-refractivity contribution in [3.8, 4) is 5.75 Å². The molecule has 0 unspecified atom stereocenters. The molecule has 4 nitrogen and oxygen atoms in total. The van der Waals surface area contributed by atoms with Crippen LogP contribution in [-0.4, -0.2) is 34.0 Å². The largest absolute Gasteiger partial charge is 0.508 e. The summed E-state index contributed by atoms with van der Waals surface area (Å²) in [5, 5.41) is 21.9. The molecule has 2 bridgehead atoms. The Morgan fingerprint density at radius 1 is 1.16 bits per heavy atom. The molecule has 3 heterocycles. The van der Waals surface area contributed by atoms with E-state index in [0.717, 1.165) is 42.9 Å². The standard InChI is InChI=1S/C14H16N2O2.ClH/c17-12-3-1-10(2-4-12)9-13-14(15-18)11-5-7-16(13)8-6-11;/h1-4,9,11,17-18H,5-8H2;1H. The van der Waals surface area contributed by atoms with Gasteiger partial charge in [0, 0.05) is 19.0 Å². The van der Waals surface area contributed by atoms with Crippen LogP contribution in [0.4, 0.5) is 0 Å². The van der Waals surface area contributed by atoms with Crippen LogP contribution in [0.3, 0.4) is 0 Å². The van der Waals surface area contributed by atoms with Gasteiger partial charge in [-0.15, -0.1) is 12.4 Å². The van der Waals surface area contributed by atoms with E-state index in [0.29, 0.717) is 5.92 Å². The van der Waals surface area contributed by atoms with Crippen molar-refractivity contribution < 1.29 is 10.3 Å². The fraction of sp³-hybridized carbons (Fsp3) is 0.357. The fourth-order valence-corrected chi connectivity index (χ4v) is 2.79. The van der Waals surface area contributed by atoms with Crippen molar-refractivity contribution in [1.82, 2.24) is 4.90 Å². The number of benzene rings is 1. The van der Waals surface area contributed by atoms with E-state index in [9.17, 15) is 10.3 Å². The van der Waals surface area contributed by atoms with E-state index in [-0.39, 0.29) is 18.2 Å². The van der Waals surface area contributed by atoms with Gasteiger partial charge < -0.3 is 15.2 Å². The summed E-state index contributed by atoms with van der Waals surface area (Å²) in [6.07, 6.45) is 4.18. The normalized spacial score (nSPS) is 22.8. The topological polar surface area (TPSA) is 56.1 Å². The van der Waals surface area contributed by atoms with Crippen molar-refractivity contribution in [3.05, 3.63) is 35.5 Å². The predicted octanol–water partition coefficient (Wildman–Crippen LogP) is 2.71. The summed E-state index contributed by atoms with van der Waals surface area (Å²) < 4.78 is 0. The van der Waals surface area contributed by atoms with Gasteiger partial charge in [-0.3, -0.25) is 0 Å². The molecule has 3 saturated heterocycles. The van der Waals surface area contributed by atoms with Gasteiger partial charge in [0.15, 0.2) is 0 Å². The van der Waals surface area contributed by atoms with Crippen LogP contribution in [-0.2, 0) is 0 Å². The lowest BCUT2D eigenvalue weighted by Gasteiger charge is -2.42. The third-order valence-electron chi connectivity index (χ3n) is 3.79. The molecule has 19 heavy (non-hydrogen) atoms. The highest BCUT2D eigenvalue weighted by molar-refractivity contribution is 6.05. The number of aromatic hydroxyl groups is 1. The van der Waals surface area contributed by atoms with Gasteiger partial charge in [-0.1, -0.05) is 17.3 Å². The summed E-state index contributed by atoms with van der Waals surface area (Å²) in [6, 6.07) is 7.05. The third kappa shape index (κ3) is 2.54. The molecule has 0 aliphatic carbocycles. The maximum Gasteiger partial charge on any atom is 0.115 e. The summed E-state index contributed by atoms with van der Waals surface area (Å²) >= 11 is 0. The number of fused-ring (bicyclic) bond motifs is 3. The van der Waals surface area contributed by atoms with E-state index >= 15 is 0 Å². The van der Waals surface area contributed by atoms with Crippen molar-refractivity contribution in [2.24, 2.45) is 11.1 Å². The van der Waals surface area contributed by atoms with Crippen LogP contribution >= 0.6 is 12.4 Å². The molecule has 1 aromatic carbocycles. The number of phenols is 1. The van der Waals surface area contributed by atoms with Crippen LogP contribution in [0.5, 0.6) is 5.75 Å². The first-order chi connectivity index (χ1) is 8.78. The zero-order valence-electron chi connectivity index (χ0n) is 10.5. The molecule has 5 heteroatoms. The Morgan fingerprint density at radius 3 is 2.37 bits per heavy atom. The minimum absolute atomic E-state index is 0. The molecule has 0 saturated carbocycles. The SMILES string of the molecule is Cl.ON=C1C(=Cc2ccc(O)cc2)N2CCC1CC2. The maximum absolute atomic E-state index is 9.27. The minimum atomic E-state index is 0. The Hall–Kier alpha value is -1.68. The Labute approximate surface area is 118 Å². The Bertz CT molecular complexity index is 503. The van der Waals surface area contributed by atoms with E-state index in [1.165, 1.54) is 0 Å². The van der Waals surface area contributed by atoms with Crippen LogP contribution in [0.15, 0.2) is 35.1 Å². The van der Waals surface area contributed by atoms with Crippen molar-refractivity contribution in [2.75, 3.05) is 13.1 Å². The first-order valence-electron chi connectivity index (χ1n) is 6.26. The lowest BCUT2D eigenvalue weighted by atomic mass is 9.83. The first-order valence-corrected chi connectivity index (χ1v) is 6.26. The molecule has 0 aromatic heterocycles. The zero-order chi connectivity index (χ0) is 12.5. The smallest absolute Gasteiger partial charge is 0.115 e. The van der Waals surface area contributed by atoms with Gasteiger partial charge in [-0.2, -0.15) is 0 Å². The molecule has 3 aliphatic heterocycles. The summed E-state index contributed by atoms with van der Waals surface area (Å²) in [5.41, 5.74) is 2.84. The molecule has 0 spiro atoms. The number of hydrogen-bond donors (Lipinski definition) is 2. The lowest BCUT2D eigenvalue weighted by Crippen LogP contribution is -2.46. The van der Waals surface area contributed by atoms with Crippen LogP contribution in [0.2, 0.25) is 0 Å². The molecule has 4 rings (SSSR count). The van der Waals surface area contributed by atoms with E-state index in [4.69, 9.17) is 0 Å². The van der Waals surface area contributed by atoms with Gasteiger partial charge >= 0.3 is 0 Å². The monoisotopic (exact) mass is 280 g/mol. The number of phenolic OH excluding ortho intramolecular Hbond substituents is 1. The summed E-state index contributed by atoms with van der Waals surface area (Å²) in [7, 11) is 0. The van der Waals surface area contributed by atoms with Crippen LogP contribution in [0, 0.1) is 5.92 Å². The molecular formula is C14H17ClN2O2. The second kappa shape index (κ2) is 5.53. The average molecular weight is 281 g/mol. The zero-order valence-corrected chi connectivity index (χ0v) is 11.3. The highest BCUT2D eigenvalue weighted by atomic mass is 35.5. The molecule has 3 aliphatic rings. The molecule has 0 radical (unpaired) electrons. The maximum atomic E-state index is 9.27. The average Bonchev–Trinajstić information content (AvgIpc) is 2.42. The molecular weight excluding hydrogens is 264 g/mol. The summed E-state index contributed by atoms with van der Waals surface area (Å²) in [6.45, 7) is 2.07. The highest BCUT2D eigenvalue weighted by Gasteiger charge is 2.35. The fourth-order valence-electron chi connectivity index (χ4n) is 2.79. The number of allylic oxidation sites excluding steroid dienone is 1. The van der Waals surface area contributed by atoms with Gasteiger partial charge in [0.2, 0.25) is 0 Å². The van der Waals surface area contributed by atoms with Crippen molar-refractivity contribution >= 4 is 24.2 Å². The number of piperidine rings is 3. The Kier molecular flexibility index (Phi) is 4.00. The van der Waals surface area contributed by atoms with Gasteiger partial charge in [-0.05, 0) is 36.6 Å². The van der Waals surface area contributed by atoms with E-state index in [1.807, 2.05) is 18.2 Å². The number of hydrogen-bond acceptors (Lipinski definition) is 4.